The van der Waals surface area contributed by atoms with Gasteiger partial charge in [-0.15, -0.1) is 17.9 Å². The standard InChI is InChI=1S/C48H95F5N5O12S5/c1-9-15-20-25-30-35-40-71(60,61)54(49)47(55(50)72(62,63)41-36-31-26-21-16-10-2,56(51)73(64,65)42-37-32-27-22-17-11-3)48(70-46(59)45(7)8,57(52)74(66,67)43-38-33-28-23-18-12-4)58(53,14-6)75(68,69)44-39-34-29-24-19-13-5/h7,9-44H2,1-6,8H3/q+1. The van der Waals surface area contributed by atoms with E-state index in [4.69, 9.17) is 4.74 Å². The maximum atomic E-state index is 19.5. The van der Waals surface area contributed by atoms with Crippen LogP contribution in [0.2, 0.25) is 0 Å². The minimum absolute atomic E-state index is 0.0477. The molecule has 0 aliphatic rings. The number of quaternary nitrogens is 1. The first-order valence-electron chi connectivity index (χ1n) is 27.5. The molecule has 0 rings (SSSR count). The van der Waals surface area contributed by atoms with E-state index < -0.39 is 163 Å². The molecule has 0 aliphatic carbocycles. The summed E-state index contributed by atoms with van der Waals surface area (Å²) in [6.45, 7) is 11.7. The molecule has 2 unspecified atom stereocenters. The molecule has 17 nitrogen and oxygen atoms in total. The van der Waals surface area contributed by atoms with Crippen molar-refractivity contribution in [3.05, 3.63) is 12.2 Å². The normalized spacial score (nSPS) is 15.0. The van der Waals surface area contributed by atoms with Crippen molar-refractivity contribution in [2.24, 2.45) is 0 Å². The zero-order valence-electron chi connectivity index (χ0n) is 46.2. The van der Waals surface area contributed by atoms with Gasteiger partial charge >= 0.3 is 27.6 Å². The summed E-state index contributed by atoms with van der Waals surface area (Å²) in [6, 6.07) is 0. The van der Waals surface area contributed by atoms with Crippen molar-refractivity contribution in [1.82, 2.24) is 18.1 Å². The maximum Gasteiger partial charge on any atom is 0.458 e. The highest BCUT2D eigenvalue weighted by Crippen LogP contribution is 2.55. The Morgan fingerprint density at radius 3 is 0.880 bits per heavy atom. The van der Waals surface area contributed by atoms with Crippen molar-refractivity contribution in [1.29, 1.82) is 0 Å². The van der Waals surface area contributed by atoms with E-state index in [0.717, 1.165) is 12.8 Å². The Kier molecular flexibility index (Phi) is 35.1. The highest BCUT2D eigenvalue weighted by Gasteiger charge is 2.92. The molecular weight excluding hydrogens is 1090 g/mol. The Balaban J connectivity index is 9.80. The van der Waals surface area contributed by atoms with Gasteiger partial charge in [0, 0.05) is 27.7 Å². The Bertz CT molecular complexity index is 2090. The molecule has 0 aromatic carbocycles. The first-order chi connectivity index (χ1) is 35.1. The lowest BCUT2D eigenvalue weighted by Crippen LogP contribution is -2.90. The van der Waals surface area contributed by atoms with Gasteiger partial charge in [0.1, 0.15) is 12.3 Å². The second-order valence-electron chi connectivity index (χ2n) is 19.6. The smallest absolute Gasteiger partial charge is 0.381 e. The van der Waals surface area contributed by atoms with E-state index in [-0.39, 0.29) is 51.4 Å². The van der Waals surface area contributed by atoms with Gasteiger partial charge in [0.05, 0.1) is 27.5 Å². The fourth-order valence-electron chi connectivity index (χ4n) is 8.54. The lowest BCUT2D eigenvalue weighted by Gasteiger charge is -2.53. The van der Waals surface area contributed by atoms with Crippen LogP contribution in [0.4, 0.5) is 22.4 Å². The average Bonchev–Trinajstić information content (AvgIpc) is 3.35. The monoisotopic (exact) mass is 1190 g/mol. The Morgan fingerprint density at radius 1 is 0.413 bits per heavy atom. The molecule has 0 radical (unpaired) electrons. The van der Waals surface area contributed by atoms with E-state index in [2.05, 4.69) is 6.58 Å². The first-order valence-corrected chi connectivity index (χ1v) is 35.6. The van der Waals surface area contributed by atoms with Gasteiger partial charge < -0.3 is 4.74 Å². The largest absolute Gasteiger partial charge is 0.458 e. The van der Waals surface area contributed by atoms with Crippen molar-refractivity contribution in [2.45, 2.75) is 253 Å². The van der Waals surface area contributed by atoms with E-state index in [9.17, 15) is 38.5 Å². The van der Waals surface area contributed by atoms with E-state index in [1.54, 1.807) is 0 Å². The molecule has 75 heavy (non-hydrogen) atoms. The van der Waals surface area contributed by atoms with Crippen LogP contribution < -0.4 is 0 Å². The van der Waals surface area contributed by atoms with Crippen LogP contribution in [0, 0.1) is 0 Å². The summed E-state index contributed by atoms with van der Waals surface area (Å²) < 4.78 is 234. The fraction of sp³-hybridized carbons (Fsp3) is 0.938. The number of rotatable bonds is 49. The predicted molar refractivity (Wildman–Crippen MR) is 286 cm³/mol. The molecule has 0 aliphatic heterocycles. The van der Waals surface area contributed by atoms with Crippen LogP contribution in [0.5, 0.6) is 0 Å². The summed E-state index contributed by atoms with van der Waals surface area (Å²) in [4.78, 5) is 14.2. The van der Waals surface area contributed by atoms with Crippen molar-refractivity contribution < 1.29 is 78.1 Å². The summed E-state index contributed by atoms with van der Waals surface area (Å²) in [5, 5.41) is 0. The van der Waals surface area contributed by atoms with Gasteiger partial charge in [-0.2, -0.15) is 8.42 Å². The molecular formula is C48H95F5N5O12S5+. The van der Waals surface area contributed by atoms with E-state index in [1.165, 1.54) is 0 Å². The molecule has 0 N–H and O–H groups in total. The molecule has 0 fully saturated rings. The van der Waals surface area contributed by atoms with Crippen LogP contribution in [0.3, 0.4) is 0 Å². The molecule has 0 aromatic rings. The molecule has 2 atom stereocenters. The van der Waals surface area contributed by atoms with Crippen LogP contribution in [-0.2, 0) is 59.6 Å². The van der Waals surface area contributed by atoms with Crippen LogP contribution >= 0.6 is 0 Å². The number of halogens is 5. The van der Waals surface area contributed by atoms with Crippen LogP contribution in [0.15, 0.2) is 12.2 Å². The Morgan fingerprint density at radius 2 is 0.640 bits per heavy atom. The number of ether oxygens (including phenoxy) is 1. The highest BCUT2D eigenvalue weighted by atomic mass is 32.2. The second kappa shape index (κ2) is 35.9. The van der Waals surface area contributed by atoms with E-state index in [0.29, 0.717) is 110 Å². The van der Waals surface area contributed by atoms with Crippen molar-refractivity contribution in [2.75, 3.05) is 35.3 Å². The maximum absolute atomic E-state index is 19.5. The quantitative estimate of drug-likeness (QED) is 0.0139. The Hall–Kier alpha value is -1.59. The molecule has 0 amide bonds. The van der Waals surface area contributed by atoms with Gasteiger partial charge in [-0.05, 0) is 46.0 Å². The van der Waals surface area contributed by atoms with Crippen molar-refractivity contribution >= 4 is 56.1 Å². The molecule has 0 bridgehead atoms. The van der Waals surface area contributed by atoms with Crippen LogP contribution in [-0.4, -0.2) is 117 Å². The van der Waals surface area contributed by atoms with Gasteiger partial charge in [-0.25, -0.2) is 38.5 Å². The SMILES string of the molecule is C=C(C)C(=O)OC(N(F)S(=O)(=O)CCCCCCCC)(C(N(F)S(=O)(=O)CCCCCCCC)(N(F)S(=O)(=O)CCCCCCCC)N(F)S(=O)(=O)CCCCCCCC)[N+](F)(CC)S(=O)(=O)CCCCCCCC. The lowest BCUT2D eigenvalue weighted by atomic mass is 10.1. The van der Waals surface area contributed by atoms with Gasteiger partial charge in [0.25, 0.3) is 0 Å². The van der Waals surface area contributed by atoms with Crippen molar-refractivity contribution in [3.8, 4) is 0 Å². The fourth-order valence-corrected chi connectivity index (χ4v) is 16.1. The topological polar surface area (TPSA) is 210 Å². The summed E-state index contributed by atoms with van der Waals surface area (Å²) in [7, 11) is -32.2. The number of hydrogen-bond donors (Lipinski definition) is 0. The predicted octanol–water partition coefficient (Wildman–Crippen LogP) is 12.3. The third-order valence-corrected chi connectivity index (χ3v) is 21.4. The van der Waals surface area contributed by atoms with Crippen molar-refractivity contribution in [3.63, 3.8) is 0 Å². The van der Waals surface area contributed by atoms with Gasteiger partial charge in [0.2, 0.25) is 40.1 Å². The Labute approximate surface area is 450 Å². The number of likely N-dealkylation sites (N-methyl/N-ethyl adjacent to an activating group) is 1. The zero-order chi connectivity index (χ0) is 57.6. The number of hydrogen-bond acceptors (Lipinski definition) is 12. The lowest BCUT2D eigenvalue weighted by molar-refractivity contribution is -1.04. The van der Waals surface area contributed by atoms with Gasteiger partial charge in [-0.1, -0.05) is 202 Å². The van der Waals surface area contributed by atoms with Gasteiger partial charge in [0.15, 0.2) is 0 Å². The second-order valence-corrected chi connectivity index (χ2v) is 29.4. The van der Waals surface area contributed by atoms with E-state index in [1.807, 2.05) is 34.6 Å². The molecule has 0 heterocycles. The molecule has 0 aromatic heterocycles. The summed E-state index contributed by atoms with van der Waals surface area (Å²) in [5.74, 6) is -22.8. The number of nitrogens with zero attached hydrogens (tertiary/aromatic N) is 5. The summed E-state index contributed by atoms with van der Waals surface area (Å²) in [6.07, 6.45) is 7.42. The summed E-state index contributed by atoms with van der Waals surface area (Å²) >= 11 is 0. The molecule has 0 spiro atoms. The van der Waals surface area contributed by atoms with Crippen LogP contribution in [0.25, 0.3) is 0 Å². The molecule has 448 valence electrons. The third kappa shape index (κ3) is 21.1. The third-order valence-electron chi connectivity index (χ3n) is 13.1. The number of carbonyl (C=O) groups is 1. The van der Waals surface area contributed by atoms with Gasteiger partial charge in [-0.3, -0.25) is 0 Å². The number of sulfonamides is 5. The minimum atomic E-state index is -6.48. The average molecular weight is 1190 g/mol. The molecule has 0 saturated heterocycles. The van der Waals surface area contributed by atoms with E-state index >= 15 is 30.8 Å². The minimum Gasteiger partial charge on any atom is -0.381 e. The number of carbonyl (C=O) groups excluding carboxylic acids is 1. The molecule has 27 heteroatoms. The highest BCUT2D eigenvalue weighted by molar-refractivity contribution is 7.91. The van der Waals surface area contributed by atoms with Crippen LogP contribution in [0.1, 0.15) is 241 Å². The zero-order valence-corrected chi connectivity index (χ0v) is 50.3. The first kappa shape index (κ1) is 73.4. The molecule has 0 saturated carbocycles. The number of esters is 1. The summed E-state index contributed by atoms with van der Waals surface area (Å²) in [5.41, 5.74) is -1.08. The number of unbranched alkanes of at least 4 members (excludes halogenated alkanes) is 25.